The maximum Gasteiger partial charge on any atom is 0.408 e. The first kappa shape index (κ1) is 26.4. The van der Waals surface area contributed by atoms with E-state index in [4.69, 9.17) is 9.47 Å². The number of methoxy groups -OCH3 is 1. The van der Waals surface area contributed by atoms with Gasteiger partial charge in [-0.3, -0.25) is 15.0 Å². The van der Waals surface area contributed by atoms with Gasteiger partial charge in [-0.05, 0) is 37.1 Å². The van der Waals surface area contributed by atoms with Crippen molar-refractivity contribution in [2.24, 2.45) is 5.41 Å². The molecule has 0 aromatic heterocycles. The number of amides is 2. The standard InChI is InChI=1S/C28H31N3O5/c1-28(2,26(33)35-3)24(30-31-25(32)22-17-11-6-12-18-22)23(21-15-9-5-10-16-21)29-27(34)36-19-20-13-7-4-8-14-20/h4-18,23-24,30H,19H2,1-3H3,(H,29,34)(H,31,32)/t23-,24?/m0/s1. The zero-order valence-corrected chi connectivity index (χ0v) is 20.6. The Morgan fingerprint density at radius 1 is 0.833 bits per heavy atom. The number of hydrazine groups is 1. The molecule has 1 unspecified atom stereocenters. The summed E-state index contributed by atoms with van der Waals surface area (Å²) in [5, 5.41) is 2.87. The van der Waals surface area contributed by atoms with Crippen molar-refractivity contribution in [1.29, 1.82) is 0 Å². The molecule has 2 amide bonds. The first-order valence-corrected chi connectivity index (χ1v) is 11.5. The van der Waals surface area contributed by atoms with Crippen molar-refractivity contribution in [3.8, 4) is 0 Å². The Labute approximate surface area is 211 Å². The molecule has 0 aliphatic rings. The number of hydrogen-bond donors (Lipinski definition) is 3. The highest BCUT2D eigenvalue weighted by atomic mass is 16.5. The van der Waals surface area contributed by atoms with Gasteiger partial charge < -0.3 is 14.8 Å². The van der Waals surface area contributed by atoms with E-state index in [0.717, 1.165) is 5.56 Å². The van der Waals surface area contributed by atoms with E-state index in [-0.39, 0.29) is 12.5 Å². The van der Waals surface area contributed by atoms with Gasteiger partial charge in [0.25, 0.3) is 5.91 Å². The quantitative estimate of drug-likeness (QED) is 0.292. The number of rotatable bonds is 10. The van der Waals surface area contributed by atoms with Crippen molar-refractivity contribution in [2.45, 2.75) is 32.5 Å². The van der Waals surface area contributed by atoms with E-state index in [0.29, 0.717) is 11.1 Å². The Bertz CT molecular complexity index is 1140. The van der Waals surface area contributed by atoms with E-state index in [1.54, 1.807) is 38.1 Å². The first-order valence-electron chi connectivity index (χ1n) is 11.5. The molecule has 0 saturated carbocycles. The van der Waals surface area contributed by atoms with E-state index in [2.05, 4.69) is 16.2 Å². The minimum atomic E-state index is -1.17. The molecule has 3 N–H and O–H groups in total. The molecule has 8 heteroatoms. The number of esters is 1. The lowest BCUT2D eigenvalue weighted by atomic mass is 9.78. The smallest absolute Gasteiger partial charge is 0.408 e. The van der Waals surface area contributed by atoms with Gasteiger partial charge >= 0.3 is 12.1 Å². The number of ether oxygens (including phenoxy) is 2. The van der Waals surface area contributed by atoms with Crippen LogP contribution in [-0.2, 0) is 20.9 Å². The summed E-state index contributed by atoms with van der Waals surface area (Å²) in [7, 11) is 1.29. The zero-order chi connectivity index (χ0) is 26.0. The molecule has 3 aromatic carbocycles. The molecule has 0 aliphatic heterocycles. The van der Waals surface area contributed by atoms with Gasteiger partial charge in [0.15, 0.2) is 0 Å². The normalized spacial score (nSPS) is 12.6. The summed E-state index contributed by atoms with van der Waals surface area (Å²) in [6.07, 6.45) is -0.672. The fourth-order valence-corrected chi connectivity index (χ4v) is 3.79. The molecular formula is C28H31N3O5. The number of alkyl carbamates (subject to hydrolysis) is 1. The van der Waals surface area contributed by atoms with Crippen molar-refractivity contribution < 1.29 is 23.9 Å². The minimum absolute atomic E-state index is 0.0808. The molecule has 0 spiro atoms. The molecule has 188 valence electrons. The molecule has 0 heterocycles. The average molecular weight is 490 g/mol. The van der Waals surface area contributed by atoms with Crippen molar-refractivity contribution in [3.63, 3.8) is 0 Å². The van der Waals surface area contributed by atoms with E-state index in [1.165, 1.54) is 7.11 Å². The van der Waals surface area contributed by atoms with Crippen LogP contribution in [0.2, 0.25) is 0 Å². The topological polar surface area (TPSA) is 106 Å². The van der Waals surface area contributed by atoms with Gasteiger partial charge in [0.05, 0.1) is 24.6 Å². The minimum Gasteiger partial charge on any atom is -0.469 e. The Balaban J connectivity index is 1.87. The number of hydrogen-bond acceptors (Lipinski definition) is 6. The highest BCUT2D eigenvalue weighted by Crippen LogP contribution is 2.32. The van der Waals surface area contributed by atoms with Crippen LogP contribution in [0.15, 0.2) is 91.0 Å². The zero-order valence-electron chi connectivity index (χ0n) is 20.6. The fourth-order valence-electron chi connectivity index (χ4n) is 3.79. The summed E-state index contributed by atoms with van der Waals surface area (Å²) < 4.78 is 10.5. The second-order valence-electron chi connectivity index (χ2n) is 8.75. The van der Waals surface area contributed by atoms with Crippen molar-refractivity contribution in [1.82, 2.24) is 16.2 Å². The number of carbonyl (C=O) groups is 3. The van der Waals surface area contributed by atoms with Crippen LogP contribution in [0.25, 0.3) is 0 Å². The third-order valence-corrected chi connectivity index (χ3v) is 5.84. The van der Waals surface area contributed by atoms with Crippen LogP contribution < -0.4 is 16.2 Å². The van der Waals surface area contributed by atoms with Crippen LogP contribution in [0.4, 0.5) is 4.79 Å². The molecular weight excluding hydrogens is 458 g/mol. The highest BCUT2D eigenvalue weighted by Gasteiger charge is 2.44. The predicted molar refractivity (Wildman–Crippen MR) is 136 cm³/mol. The average Bonchev–Trinajstić information content (AvgIpc) is 2.92. The summed E-state index contributed by atoms with van der Waals surface area (Å²) in [5.74, 6) is -0.908. The van der Waals surface area contributed by atoms with Crippen LogP contribution in [0.1, 0.15) is 41.4 Å². The fraction of sp³-hybridized carbons (Fsp3) is 0.250. The summed E-state index contributed by atoms with van der Waals surface area (Å²) >= 11 is 0. The maximum absolute atomic E-state index is 12.9. The van der Waals surface area contributed by atoms with Crippen LogP contribution in [0, 0.1) is 5.41 Å². The third-order valence-electron chi connectivity index (χ3n) is 5.84. The Hall–Kier alpha value is -4.17. The van der Waals surface area contributed by atoms with Gasteiger partial charge in [-0.1, -0.05) is 78.9 Å². The van der Waals surface area contributed by atoms with Gasteiger partial charge in [-0.25, -0.2) is 10.2 Å². The Kier molecular flexibility index (Phi) is 9.19. The molecule has 0 aliphatic carbocycles. The molecule has 36 heavy (non-hydrogen) atoms. The van der Waals surface area contributed by atoms with Crippen molar-refractivity contribution in [3.05, 3.63) is 108 Å². The van der Waals surface area contributed by atoms with E-state index < -0.39 is 29.6 Å². The number of carbonyl (C=O) groups excluding carboxylic acids is 3. The molecule has 0 fully saturated rings. The number of nitrogens with one attached hydrogen (secondary N) is 3. The molecule has 2 atom stereocenters. The van der Waals surface area contributed by atoms with Crippen LogP contribution in [0.3, 0.4) is 0 Å². The van der Waals surface area contributed by atoms with Gasteiger partial charge in [-0.15, -0.1) is 0 Å². The summed E-state index contributed by atoms with van der Waals surface area (Å²) in [4.78, 5) is 38.4. The molecule has 0 radical (unpaired) electrons. The number of benzene rings is 3. The summed E-state index contributed by atoms with van der Waals surface area (Å²) in [5.41, 5.74) is 6.46. The first-order chi connectivity index (χ1) is 17.3. The second-order valence-corrected chi connectivity index (χ2v) is 8.75. The van der Waals surface area contributed by atoms with Gasteiger partial charge in [0, 0.05) is 5.56 Å². The lowest BCUT2D eigenvalue weighted by Crippen LogP contribution is -2.59. The highest BCUT2D eigenvalue weighted by molar-refractivity contribution is 5.93. The van der Waals surface area contributed by atoms with E-state index >= 15 is 0 Å². The predicted octanol–water partition coefficient (Wildman–Crippen LogP) is 4.16. The van der Waals surface area contributed by atoms with Gasteiger partial charge in [0.1, 0.15) is 6.61 Å². The van der Waals surface area contributed by atoms with Crippen molar-refractivity contribution in [2.75, 3.05) is 7.11 Å². The second kappa shape index (κ2) is 12.5. The maximum atomic E-state index is 12.9. The van der Waals surface area contributed by atoms with Crippen LogP contribution in [-0.4, -0.2) is 31.1 Å². The van der Waals surface area contributed by atoms with Gasteiger partial charge in [-0.2, -0.15) is 0 Å². The SMILES string of the molecule is COC(=O)C(C)(C)C(NNC(=O)c1ccccc1)[C@@H](NC(=O)OCc1ccccc1)c1ccccc1. The third kappa shape index (κ3) is 6.93. The van der Waals surface area contributed by atoms with Crippen LogP contribution in [0.5, 0.6) is 0 Å². The molecule has 0 bridgehead atoms. The molecule has 0 saturated heterocycles. The summed E-state index contributed by atoms with van der Waals surface area (Å²) in [6.45, 7) is 3.44. The molecule has 8 nitrogen and oxygen atoms in total. The van der Waals surface area contributed by atoms with Crippen molar-refractivity contribution >= 4 is 18.0 Å². The molecule has 3 aromatic rings. The summed E-state index contributed by atoms with van der Waals surface area (Å²) in [6, 6.07) is 25.5. The molecule has 3 rings (SSSR count). The van der Waals surface area contributed by atoms with E-state index in [9.17, 15) is 14.4 Å². The largest absolute Gasteiger partial charge is 0.469 e. The lowest BCUT2D eigenvalue weighted by molar-refractivity contribution is -0.153. The van der Waals surface area contributed by atoms with Crippen LogP contribution >= 0.6 is 0 Å². The Morgan fingerprint density at radius 2 is 1.39 bits per heavy atom. The Morgan fingerprint density at radius 3 is 1.97 bits per heavy atom. The van der Waals surface area contributed by atoms with E-state index in [1.807, 2.05) is 66.7 Å². The monoisotopic (exact) mass is 489 g/mol. The lowest BCUT2D eigenvalue weighted by Gasteiger charge is -2.38. The van der Waals surface area contributed by atoms with Gasteiger partial charge in [0.2, 0.25) is 0 Å².